The van der Waals surface area contributed by atoms with Gasteiger partial charge in [0, 0.05) is 11.7 Å². The minimum absolute atomic E-state index is 0.372. The molecular weight excluding hydrogens is 312 g/mol. The van der Waals surface area contributed by atoms with Gasteiger partial charge in [0.25, 0.3) is 0 Å². The molecule has 1 N–H and O–H groups in total. The second-order valence-electron chi connectivity index (χ2n) is 7.18. The first kappa shape index (κ1) is 16.2. The molecule has 3 saturated heterocycles. The fourth-order valence-corrected chi connectivity index (χ4v) is 4.25. The summed E-state index contributed by atoms with van der Waals surface area (Å²) in [6, 6.07) is 18.3. The molecule has 0 aliphatic carbocycles. The Balaban J connectivity index is 1.59. The highest BCUT2D eigenvalue weighted by molar-refractivity contribution is 5.86. The monoisotopic (exact) mass is 336 g/mol. The first-order valence-corrected chi connectivity index (χ1v) is 9.09. The molecule has 3 heterocycles. The zero-order chi connectivity index (χ0) is 17.2. The van der Waals surface area contributed by atoms with Crippen LogP contribution < -0.4 is 4.90 Å². The van der Waals surface area contributed by atoms with E-state index in [2.05, 4.69) is 17.0 Å². The van der Waals surface area contributed by atoms with Crippen LogP contribution in [0.1, 0.15) is 36.4 Å². The lowest BCUT2D eigenvalue weighted by Gasteiger charge is -2.45. The van der Waals surface area contributed by atoms with Gasteiger partial charge in [0.15, 0.2) is 0 Å². The van der Waals surface area contributed by atoms with Crippen LogP contribution in [0.2, 0.25) is 0 Å². The molecule has 2 bridgehead atoms. The second kappa shape index (κ2) is 6.89. The minimum Gasteiger partial charge on any atom is -0.465 e. The molecule has 3 aliphatic rings. The average Bonchev–Trinajstić information content (AvgIpc) is 2.68. The molecule has 3 fully saturated rings. The van der Waals surface area contributed by atoms with Crippen molar-refractivity contribution in [3.05, 3.63) is 65.7 Å². The van der Waals surface area contributed by atoms with Crippen molar-refractivity contribution < 1.29 is 9.90 Å². The lowest BCUT2D eigenvalue weighted by Crippen LogP contribution is -2.43. The highest BCUT2D eigenvalue weighted by Gasteiger charge is 2.34. The molecule has 0 radical (unpaired) electrons. The Bertz CT molecular complexity index is 739. The van der Waals surface area contributed by atoms with Crippen molar-refractivity contribution in [3.8, 4) is 0 Å². The number of anilines is 1. The summed E-state index contributed by atoms with van der Waals surface area (Å²) in [6.07, 6.45) is 2.91. The summed E-state index contributed by atoms with van der Waals surface area (Å²) >= 11 is 0. The maximum Gasteiger partial charge on any atom is 0.412 e. The van der Waals surface area contributed by atoms with E-state index in [-0.39, 0.29) is 0 Å². The van der Waals surface area contributed by atoms with Gasteiger partial charge in [-0.1, -0.05) is 42.5 Å². The maximum absolute atomic E-state index is 11.8. The Morgan fingerprint density at radius 3 is 2.48 bits per heavy atom. The predicted molar refractivity (Wildman–Crippen MR) is 98.7 cm³/mol. The van der Waals surface area contributed by atoms with Crippen LogP contribution in [-0.4, -0.2) is 29.2 Å². The Kier molecular flexibility index (Phi) is 4.45. The molecule has 1 amide bonds. The van der Waals surface area contributed by atoms with Crippen LogP contribution in [0.3, 0.4) is 0 Å². The normalized spacial score (nSPS) is 24.9. The van der Waals surface area contributed by atoms with Crippen molar-refractivity contribution in [1.29, 1.82) is 0 Å². The maximum atomic E-state index is 11.8. The van der Waals surface area contributed by atoms with Gasteiger partial charge in [-0.25, -0.2) is 4.79 Å². The number of hydrogen-bond acceptors (Lipinski definition) is 2. The lowest BCUT2D eigenvalue weighted by atomic mass is 9.81. The molecule has 2 aromatic rings. The number of benzene rings is 2. The van der Waals surface area contributed by atoms with Crippen molar-refractivity contribution in [2.75, 3.05) is 18.0 Å². The van der Waals surface area contributed by atoms with Crippen LogP contribution in [-0.2, 0) is 6.54 Å². The van der Waals surface area contributed by atoms with Crippen molar-refractivity contribution in [2.45, 2.75) is 31.8 Å². The van der Waals surface area contributed by atoms with E-state index < -0.39 is 6.09 Å². The average molecular weight is 336 g/mol. The molecule has 4 heteroatoms. The summed E-state index contributed by atoms with van der Waals surface area (Å²) in [4.78, 5) is 15.8. The van der Waals surface area contributed by atoms with E-state index in [1.54, 1.807) is 0 Å². The number of amides is 1. The van der Waals surface area contributed by atoms with Gasteiger partial charge in [-0.05, 0) is 61.5 Å². The van der Waals surface area contributed by atoms with Crippen molar-refractivity contribution in [3.63, 3.8) is 0 Å². The van der Waals surface area contributed by atoms with Gasteiger partial charge in [-0.2, -0.15) is 0 Å². The third kappa shape index (κ3) is 3.40. The predicted octanol–water partition coefficient (Wildman–Crippen LogP) is 4.53. The van der Waals surface area contributed by atoms with E-state index in [0.717, 1.165) is 17.2 Å². The molecule has 5 rings (SSSR count). The van der Waals surface area contributed by atoms with Gasteiger partial charge >= 0.3 is 6.09 Å². The largest absolute Gasteiger partial charge is 0.465 e. The number of carboxylic acid groups (broad SMARTS) is 1. The van der Waals surface area contributed by atoms with E-state index in [1.165, 1.54) is 42.8 Å². The van der Waals surface area contributed by atoms with Crippen LogP contribution in [0.5, 0.6) is 0 Å². The topological polar surface area (TPSA) is 43.8 Å². The van der Waals surface area contributed by atoms with Gasteiger partial charge < -0.3 is 5.11 Å². The quantitative estimate of drug-likeness (QED) is 0.892. The molecule has 0 aromatic heterocycles. The van der Waals surface area contributed by atoms with Gasteiger partial charge in [-0.3, -0.25) is 9.80 Å². The van der Waals surface area contributed by atoms with E-state index in [1.807, 2.05) is 42.5 Å². The summed E-state index contributed by atoms with van der Waals surface area (Å²) in [5, 5.41) is 9.71. The van der Waals surface area contributed by atoms with Crippen molar-refractivity contribution >= 4 is 11.8 Å². The van der Waals surface area contributed by atoms with Gasteiger partial charge in [0.2, 0.25) is 0 Å². The highest BCUT2D eigenvalue weighted by Crippen LogP contribution is 2.41. The fourth-order valence-electron chi connectivity index (χ4n) is 4.25. The summed E-state index contributed by atoms with van der Waals surface area (Å²) in [5.74, 6) is 0.832. The SMILES string of the molecule is O=C(O)N(Cc1ccccc1)c1cccc([C@H]2CC3CCN2CC3)c1. The second-order valence-corrected chi connectivity index (χ2v) is 7.18. The third-order valence-corrected chi connectivity index (χ3v) is 5.63. The van der Waals surface area contributed by atoms with E-state index in [4.69, 9.17) is 0 Å². The number of nitrogens with zero attached hydrogens (tertiary/aromatic N) is 2. The molecule has 4 nitrogen and oxygen atoms in total. The first-order valence-electron chi connectivity index (χ1n) is 9.09. The fraction of sp³-hybridized carbons (Fsp3) is 0.381. The Hall–Kier alpha value is -2.33. The smallest absolute Gasteiger partial charge is 0.412 e. The molecule has 130 valence electrons. The van der Waals surface area contributed by atoms with Gasteiger partial charge in [0.1, 0.15) is 0 Å². The number of rotatable bonds is 4. The van der Waals surface area contributed by atoms with Crippen LogP contribution in [0, 0.1) is 5.92 Å². The zero-order valence-corrected chi connectivity index (χ0v) is 14.3. The Morgan fingerprint density at radius 2 is 1.84 bits per heavy atom. The molecule has 2 aromatic carbocycles. The summed E-state index contributed by atoms with van der Waals surface area (Å²) in [6.45, 7) is 2.72. The van der Waals surface area contributed by atoms with E-state index >= 15 is 0 Å². The molecule has 0 saturated carbocycles. The summed E-state index contributed by atoms with van der Waals surface area (Å²) in [7, 11) is 0. The van der Waals surface area contributed by atoms with Crippen LogP contribution in [0.4, 0.5) is 10.5 Å². The van der Waals surface area contributed by atoms with Crippen LogP contribution >= 0.6 is 0 Å². The molecular formula is C21H24N2O2. The summed E-state index contributed by atoms with van der Waals surface area (Å²) < 4.78 is 0. The van der Waals surface area contributed by atoms with E-state index in [9.17, 15) is 9.90 Å². The Labute approximate surface area is 148 Å². The number of piperidine rings is 3. The summed E-state index contributed by atoms with van der Waals surface area (Å²) in [5.41, 5.74) is 3.01. The molecule has 25 heavy (non-hydrogen) atoms. The number of carbonyl (C=O) groups is 1. The van der Waals surface area contributed by atoms with Crippen LogP contribution in [0.25, 0.3) is 0 Å². The standard InChI is InChI=1S/C21H24N2O2/c24-21(25)23(15-17-5-2-1-3-6-17)19-8-4-7-18(14-19)20-13-16-9-11-22(20)12-10-16/h1-8,14,16,20H,9-13,15H2,(H,24,25)/t20-/m1/s1. The van der Waals surface area contributed by atoms with Crippen molar-refractivity contribution in [2.24, 2.45) is 5.92 Å². The van der Waals surface area contributed by atoms with Gasteiger partial charge in [-0.15, -0.1) is 0 Å². The van der Waals surface area contributed by atoms with E-state index in [0.29, 0.717) is 12.6 Å². The Morgan fingerprint density at radius 1 is 1.08 bits per heavy atom. The molecule has 3 aliphatic heterocycles. The third-order valence-electron chi connectivity index (χ3n) is 5.63. The molecule has 1 atom stereocenters. The van der Waals surface area contributed by atoms with Crippen molar-refractivity contribution in [1.82, 2.24) is 4.90 Å². The molecule has 0 spiro atoms. The lowest BCUT2D eigenvalue weighted by molar-refractivity contribution is 0.0490. The number of hydrogen-bond donors (Lipinski definition) is 1. The highest BCUT2D eigenvalue weighted by atomic mass is 16.4. The van der Waals surface area contributed by atoms with Crippen LogP contribution in [0.15, 0.2) is 54.6 Å². The molecule has 0 unspecified atom stereocenters. The van der Waals surface area contributed by atoms with Gasteiger partial charge in [0.05, 0.1) is 6.54 Å². The zero-order valence-electron chi connectivity index (χ0n) is 14.3. The number of fused-ring (bicyclic) bond motifs is 3. The first-order chi connectivity index (χ1) is 12.2. The minimum atomic E-state index is -0.911.